The Hall–Kier alpha value is -5.25. The Morgan fingerprint density at radius 3 is 2.37 bits per heavy atom. The number of methoxy groups -OCH3 is 1. The molecule has 0 radical (unpaired) electrons. The van der Waals surface area contributed by atoms with Gasteiger partial charge in [-0.25, -0.2) is 19.6 Å². The van der Waals surface area contributed by atoms with Gasteiger partial charge in [-0.2, -0.15) is 0 Å². The largest absolute Gasteiger partial charge is 0.496 e. The zero-order valence-corrected chi connectivity index (χ0v) is 36.8. The smallest absolute Gasteiger partial charge is 0.408 e. The fraction of sp³-hybridized carbons (Fsp3) is 0.568. The van der Waals surface area contributed by atoms with Crippen molar-refractivity contribution in [2.75, 3.05) is 19.0 Å². The molecule has 1 aromatic carbocycles. The molecule has 60 heavy (non-hydrogen) atoms. The van der Waals surface area contributed by atoms with Crippen LogP contribution in [0.25, 0.3) is 22.3 Å². The van der Waals surface area contributed by atoms with Crippen LogP contribution >= 0.6 is 11.3 Å². The topological polar surface area (TPSA) is 198 Å². The highest BCUT2D eigenvalue weighted by atomic mass is 32.1. The van der Waals surface area contributed by atoms with Gasteiger partial charge in [0.1, 0.15) is 46.5 Å². The number of benzene rings is 1. The number of ether oxygens (including phenoxy) is 3. The average molecular weight is 847 g/mol. The van der Waals surface area contributed by atoms with Crippen molar-refractivity contribution in [3.05, 3.63) is 41.8 Å². The first-order chi connectivity index (χ1) is 28.1. The Morgan fingerprint density at radius 2 is 1.77 bits per heavy atom. The van der Waals surface area contributed by atoms with Gasteiger partial charge in [0.05, 0.1) is 24.9 Å². The number of aromatic nitrogens is 2. The van der Waals surface area contributed by atoms with Gasteiger partial charge >= 0.3 is 12.1 Å². The normalized spacial score (nSPS) is 22.8. The van der Waals surface area contributed by atoms with Crippen LogP contribution in [0.5, 0.6) is 11.5 Å². The summed E-state index contributed by atoms with van der Waals surface area (Å²) in [5, 5.41) is 21.4. The summed E-state index contributed by atoms with van der Waals surface area (Å²) in [7, 11) is 1.57. The van der Waals surface area contributed by atoms with Gasteiger partial charge in [-0.05, 0) is 68.9 Å². The number of hydrogen-bond acceptors (Lipinski definition) is 11. The second-order valence-corrected chi connectivity index (χ2v) is 19.8. The molecule has 2 aliphatic carbocycles. The number of rotatable bonds is 13. The first-order valence-electron chi connectivity index (χ1n) is 20.4. The zero-order valence-electron chi connectivity index (χ0n) is 36.0. The molecule has 3 aromatic rings. The molecule has 2 saturated carbocycles. The lowest BCUT2D eigenvalue weighted by molar-refractivity contribution is -0.146. The van der Waals surface area contributed by atoms with E-state index in [1.54, 1.807) is 24.6 Å². The number of alkyl carbamates (subject to hydrolysis) is 1. The van der Waals surface area contributed by atoms with Crippen molar-refractivity contribution in [1.29, 1.82) is 0 Å². The van der Waals surface area contributed by atoms with Crippen LogP contribution in [0.2, 0.25) is 0 Å². The number of aliphatic carboxylic acids is 1. The predicted octanol–water partition coefficient (Wildman–Crippen LogP) is 7.02. The van der Waals surface area contributed by atoms with Crippen molar-refractivity contribution < 1.29 is 43.3 Å². The van der Waals surface area contributed by atoms with Crippen LogP contribution in [-0.2, 0) is 23.9 Å². The van der Waals surface area contributed by atoms with E-state index in [1.807, 2.05) is 61.5 Å². The predicted molar refractivity (Wildman–Crippen MR) is 228 cm³/mol. The number of carboxylic acids is 1. The van der Waals surface area contributed by atoms with Crippen molar-refractivity contribution in [1.82, 2.24) is 25.5 Å². The number of fused-ring (bicyclic) bond motifs is 1. The lowest BCUT2D eigenvalue weighted by Gasteiger charge is -2.36. The third-order valence-electron chi connectivity index (χ3n) is 11.6. The van der Waals surface area contributed by atoms with Crippen molar-refractivity contribution in [2.24, 2.45) is 16.7 Å². The molecule has 324 valence electrons. The van der Waals surface area contributed by atoms with Gasteiger partial charge in [-0.3, -0.25) is 14.4 Å². The highest BCUT2D eigenvalue weighted by Crippen LogP contribution is 2.45. The van der Waals surface area contributed by atoms with E-state index in [0.29, 0.717) is 58.2 Å². The monoisotopic (exact) mass is 846 g/mol. The number of likely N-dealkylation sites (tertiary alicyclic amines) is 1. The zero-order chi connectivity index (χ0) is 43.9. The van der Waals surface area contributed by atoms with Gasteiger partial charge in [0, 0.05) is 41.2 Å². The molecule has 3 fully saturated rings. The minimum Gasteiger partial charge on any atom is -0.496 e. The maximum atomic E-state index is 14.7. The van der Waals surface area contributed by atoms with E-state index in [4.69, 9.17) is 19.2 Å². The number of carbonyl (C=O) groups excluding carboxylic acids is 4. The van der Waals surface area contributed by atoms with E-state index in [9.17, 15) is 29.1 Å². The molecule has 3 heterocycles. The second kappa shape index (κ2) is 16.7. The molecule has 1 aliphatic heterocycles. The SMILES string of the molecule is C=C[C@@H]1C[C@]1(NC(=O)[C@@H]1C[C@@H](Oc2cc(-c3csc(NC(=O)CC(C)(C)C)n3)nc3c(C)c(OC)ccc23)CN1C(=O)[C@@H](NC(=O)OC1(C)CCCC1)C(C)(C)C)C(=O)O. The molecule has 6 rings (SSSR count). The van der Waals surface area contributed by atoms with Gasteiger partial charge < -0.3 is 40.2 Å². The molecule has 5 atom stereocenters. The lowest BCUT2D eigenvalue weighted by Crippen LogP contribution is -2.59. The van der Waals surface area contributed by atoms with Crippen LogP contribution < -0.4 is 25.4 Å². The van der Waals surface area contributed by atoms with E-state index < -0.39 is 64.5 Å². The molecule has 0 bridgehead atoms. The molecule has 15 nitrogen and oxygen atoms in total. The maximum Gasteiger partial charge on any atom is 0.408 e. The van der Waals surface area contributed by atoms with E-state index in [2.05, 4.69) is 27.5 Å². The summed E-state index contributed by atoms with van der Waals surface area (Å²) in [5.74, 6) is -2.01. The van der Waals surface area contributed by atoms with Gasteiger partial charge in [0.25, 0.3) is 0 Å². The highest BCUT2D eigenvalue weighted by Gasteiger charge is 2.61. The number of thiazole rings is 1. The summed E-state index contributed by atoms with van der Waals surface area (Å²) in [5.41, 5.74) is -0.929. The van der Waals surface area contributed by atoms with Crippen molar-refractivity contribution >= 4 is 57.2 Å². The van der Waals surface area contributed by atoms with Crippen molar-refractivity contribution in [3.8, 4) is 22.9 Å². The minimum absolute atomic E-state index is 0.0142. The molecule has 2 aromatic heterocycles. The molecular weight excluding hydrogens is 789 g/mol. The van der Waals surface area contributed by atoms with Gasteiger partial charge in [0.2, 0.25) is 17.7 Å². The molecule has 4 N–H and O–H groups in total. The molecule has 1 saturated heterocycles. The van der Waals surface area contributed by atoms with Crippen LogP contribution in [0.3, 0.4) is 0 Å². The number of hydrogen-bond donors (Lipinski definition) is 4. The van der Waals surface area contributed by atoms with Gasteiger partial charge in [-0.15, -0.1) is 17.9 Å². The second-order valence-electron chi connectivity index (χ2n) is 18.9. The van der Waals surface area contributed by atoms with Crippen LogP contribution in [0.4, 0.5) is 9.93 Å². The molecular formula is C44H58N6O9S. The quantitative estimate of drug-likeness (QED) is 0.129. The Balaban J connectivity index is 1.34. The number of carbonyl (C=O) groups is 5. The maximum absolute atomic E-state index is 14.7. The summed E-state index contributed by atoms with van der Waals surface area (Å²) in [4.78, 5) is 78.5. The van der Waals surface area contributed by atoms with Crippen LogP contribution in [0, 0.1) is 23.7 Å². The standard InChI is InChI=1S/C44H58N6O9S/c1-11-25-20-44(25,38(54)55)49-36(52)30-18-26(22-50(30)37(53)35(42(6,7)8)48-40(56)59-43(9)16-12-13-17-43)58-32-19-28(45-34-24(2)31(57-10)15-14-27(32)34)29-23-60-39(46-29)47-33(51)21-41(3,4)5/h11,14-15,19,23,25-26,30,35H,1,12-13,16-18,20-22H2,2-10H3,(H,48,56)(H,49,52)(H,54,55)(H,46,47,51)/t25-,26-,30+,35-,44-/m1/s1. The molecule has 3 aliphatic rings. The highest BCUT2D eigenvalue weighted by molar-refractivity contribution is 7.14. The first-order valence-corrected chi connectivity index (χ1v) is 21.3. The van der Waals surface area contributed by atoms with E-state index in [-0.39, 0.29) is 30.7 Å². The minimum atomic E-state index is -1.54. The molecule has 4 amide bonds. The molecule has 16 heteroatoms. The number of nitrogens with one attached hydrogen (secondary N) is 3. The summed E-state index contributed by atoms with van der Waals surface area (Å²) in [6.07, 6.45) is 3.82. The van der Waals surface area contributed by atoms with Crippen LogP contribution in [0.1, 0.15) is 99.0 Å². The lowest BCUT2D eigenvalue weighted by atomic mass is 9.85. The average Bonchev–Trinajstić information content (AvgIpc) is 3.48. The van der Waals surface area contributed by atoms with Crippen LogP contribution in [-0.4, -0.2) is 92.7 Å². The Morgan fingerprint density at radius 1 is 1.07 bits per heavy atom. The third-order valence-corrected chi connectivity index (χ3v) is 12.4. The number of anilines is 1. The van der Waals surface area contributed by atoms with Crippen molar-refractivity contribution in [3.63, 3.8) is 0 Å². The number of aryl methyl sites for hydroxylation is 1. The Kier molecular flexibility index (Phi) is 12.3. The fourth-order valence-electron chi connectivity index (χ4n) is 8.21. The Bertz CT molecular complexity index is 2190. The first kappa shape index (κ1) is 44.3. The van der Waals surface area contributed by atoms with E-state index in [0.717, 1.165) is 18.4 Å². The van der Waals surface area contributed by atoms with E-state index >= 15 is 0 Å². The summed E-state index contributed by atoms with van der Waals surface area (Å²) in [6, 6.07) is 3.11. The third kappa shape index (κ3) is 9.53. The molecule has 0 unspecified atom stereocenters. The number of carboxylic acid groups (broad SMARTS) is 1. The number of nitrogens with zero attached hydrogens (tertiary/aromatic N) is 3. The Labute approximate surface area is 355 Å². The molecule has 0 spiro atoms. The van der Waals surface area contributed by atoms with Crippen molar-refractivity contribution in [2.45, 2.75) is 130 Å². The van der Waals surface area contributed by atoms with E-state index in [1.165, 1.54) is 22.3 Å². The van der Waals surface area contributed by atoms with Gasteiger partial charge in [-0.1, -0.05) is 47.6 Å². The summed E-state index contributed by atoms with van der Waals surface area (Å²) >= 11 is 1.27. The summed E-state index contributed by atoms with van der Waals surface area (Å²) in [6.45, 7) is 18.8. The number of amides is 4. The van der Waals surface area contributed by atoms with Crippen LogP contribution in [0.15, 0.2) is 36.2 Å². The summed E-state index contributed by atoms with van der Waals surface area (Å²) < 4.78 is 18.2. The number of pyridine rings is 1. The van der Waals surface area contributed by atoms with Gasteiger partial charge in [0.15, 0.2) is 5.13 Å². The fourth-order valence-corrected chi connectivity index (χ4v) is 8.93.